The van der Waals surface area contributed by atoms with Gasteiger partial charge >= 0.3 is 0 Å². The molecule has 19 heavy (non-hydrogen) atoms. The van der Waals surface area contributed by atoms with E-state index in [9.17, 15) is 0 Å². The van der Waals surface area contributed by atoms with Crippen molar-refractivity contribution in [2.45, 2.75) is 0 Å². The SMILES string of the molecule is c1cc(-c2noc(-c3cnsn3)n2)c2nccn2c1. The van der Waals surface area contributed by atoms with Crippen molar-refractivity contribution in [2.75, 3.05) is 0 Å². The molecule has 0 unspecified atom stereocenters. The fraction of sp³-hybridized carbons (Fsp3) is 0. The summed E-state index contributed by atoms with van der Waals surface area (Å²) in [6.07, 6.45) is 7.10. The van der Waals surface area contributed by atoms with Gasteiger partial charge in [-0.05, 0) is 12.1 Å². The van der Waals surface area contributed by atoms with Crippen LogP contribution >= 0.6 is 11.7 Å². The molecule has 0 aliphatic heterocycles. The van der Waals surface area contributed by atoms with Crippen LogP contribution in [0.15, 0.2) is 41.4 Å². The van der Waals surface area contributed by atoms with Crippen LogP contribution in [0.3, 0.4) is 0 Å². The van der Waals surface area contributed by atoms with Gasteiger partial charge < -0.3 is 8.92 Å². The Bertz CT molecular complexity index is 834. The largest absolute Gasteiger partial charge is 0.332 e. The molecule has 0 radical (unpaired) electrons. The summed E-state index contributed by atoms with van der Waals surface area (Å²) in [6.45, 7) is 0. The Balaban J connectivity index is 1.87. The lowest BCUT2D eigenvalue weighted by Crippen LogP contribution is -1.88. The molecule has 0 saturated carbocycles. The zero-order valence-electron chi connectivity index (χ0n) is 9.46. The molecule has 4 heterocycles. The van der Waals surface area contributed by atoms with Gasteiger partial charge in [0.05, 0.1) is 23.5 Å². The van der Waals surface area contributed by atoms with Crippen LogP contribution < -0.4 is 0 Å². The quantitative estimate of drug-likeness (QED) is 0.553. The Kier molecular flexibility index (Phi) is 2.15. The van der Waals surface area contributed by atoms with E-state index in [-0.39, 0.29) is 0 Å². The van der Waals surface area contributed by atoms with E-state index >= 15 is 0 Å². The third kappa shape index (κ3) is 1.61. The molecule has 0 fully saturated rings. The average Bonchev–Trinajstić information content (AvgIpc) is 3.18. The zero-order valence-corrected chi connectivity index (χ0v) is 10.3. The van der Waals surface area contributed by atoms with E-state index in [1.165, 1.54) is 0 Å². The Morgan fingerprint density at radius 1 is 1.26 bits per heavy atom. The second-order valence-corrected chi connectivity index (χ2v) is 4.35. The van der Waals surface area contributed by atoms with Crippen LogP contribution in [0.4, 0.5) is 0 Å². The molecule has 4 aromatic heterocycles. The van der Waals surface area contributed by atoms with Crippen molar-refractivity contribution in [2.24, 2.45) is 0 Å². The van der Waals surface area contributed by atoms with Gasteiger partial charge in [-0.15, -0.1) is 0 Å². The van der Waals surface area contributed by atoms with Gasteiger partial charge in [0.15, 0.2) is 5.69 Å². The molecule has 0 amide bonds. The Hall–Kier alpha value is -2.61. The van der Waals surface area contributed by atoms with E-state index in [0.29, 0.717) is 17.4 Å². The van der Waals surface area contributed by atoms with Gasteiger partial charge in [0.1, 0.15) is 5.65 Å². The van der Waals surface area contributed by atoms with Gasteiger partial charge in [-0.2, -0.15) is 13.7 Å². The van der Waals surface area contributed by atoms with Gasteiger partial charge in [0.25, 0.3) is 5.89 Å². The van der Waals surface area contributed by atoms with Crippen LogP contribution in [0.1, 0.15) is 0 Å². The highest BCUT2D eigenvalue weighted by Gasteiger charge is 2.15. The fourth-order valence-electron chi connectivity index (χ4n) is 1.82. The molecule has 0 aliphatic rings. The minimum Gasteiger partial charge on any atom is -0.332 e. The lowest BCUT2D eigenvalue weighted by atomic mass is 10.2. The molecule has 7 nitrogen and oxygen atoms in total. The summed E-state index contributed by atoms with van der Waals surface area (Å²) in [4.78, 5) is 8.61. The monoisotopic (exact) mass is 270 g/mol. The van der Waals surface area contributed by atoms with Crippen LogP contribution in [-0.4, -0.2) is 28.3 Å². The summed E-state index contributed by atoms with van der Waals surface area (Å²) in [6, 6.07) is 3.81. The number of nitrogens with zero attached hydrogens (tertiary/aromatic N) is 6. The number of rotatable bonds is 2. The minimum atomic E-state index is 0.359. The van der Waals surface area contributed by atoms with Gasteiger partial charge in [-0.25, -0.2) is 4.98 Å². The van der Waals surface area contributed by atoms with Crippen LogP contribution in [0.2, 0.25) is 0 Å². The van der Waals surface area contributed by atoms with Crippen LogP contribution in [0.25, 0.3) is 28.6 Å². The van der Waals surface area contributed by atoms with Crippen molar-refractivity contribution in [1.82, 2.24) is 28.3 Å². The van der Waals surface area contributed by atoms with E-state index in [4.69, 9.17) is 4.52 Å². The Morgan fingerprint density at radius 3 is 3.16 bits per heavy atom. The van der Waals surface area contributed by atoms with Crippen LogP contribution in [0.5, 0.6) is 0 Å². The summed E-state index contributed by atoms with van der Waals surface area (Å²) in [5, 5.41) is 3.97. The third-order valence-electron chi connectivity index (χ3n) is 2.67. The molecule has 0 spiro atoms. The lowest BCUT2D eigenvalue weighted by Gasteiger charge is -1.97. The molecular weight excluding hydrogens is 264 g/mol. The topological polar surface area (TPSA) is 82.0 Å². The lowest BCUT2D eigenvalue weighted by molar-refractivity contribution is 0.431. The summed E-state index contributed by atoms with van der Waals surface area (Å²) in [5.74, 6) is 0.845. The first kappa shape index (κ1) is 10.3. The standard InChI is InChI=1S/C11H6N6OS/c1-2-7(10-12-3-5-17(10)4-1)9-14-11(18-15-9)8-6-13-19-16-8/h1-6H. The number of hydrogen-bond donors (Lipinski definition) is 0. The molecule has 0 aliphatic carbocycles. The molecule has 4 rings (SSSR count). The Labute approximate surface area is 110 Å². The maximum atomic E-state index is 5.19. The average molecular weight is 270 g/mol. The van der Waals surface area contributed by atoms with E-state index in [2.05, 4.69) is 23.9 Å². The molecule has 8 heteroatoms. The van der Waals surface area contributed by atoms with Gasteiger partial charge in [0, 0.05) is 18.6 Å². The third-order valence-corrected chi connectivity index (χ3v) is 3.14. The molecule has 0 bridgehead atoms. The van der Waals surface area contributed by atoms with Gasteiger partial charge in [0.2, 0.25) is 5.82 Å². The number of fused-ring (bicyclic) bond motifs is 1. The predicted octanol–water partition coefficient (Wildman–Crippen LogP) is 1.90. The van der Waals surface area contributed by atoms with Crippen molar-refractivity contribution in [3.8, 4) is 23.0 Å². The first-order valence-electron chi connectivity index (χ1n) is 5.45. The van der Waals surface area contributed by atoms with E-state index in [1.54, 1.807) is 12.4 Å². The van der Waals surface area contributed by atoms with Crippen molar-refractivity contribution < 1.29 is 4.52 Å². The summed E-state index contributed by atoms with van der Waals surface area (Å²) < 4.78 is 15.1. The van der Waals surface area contributed by atoms with Crippen molar-refractivity contribution in [1.29, 1.82) is 0 Å². The maximum Gasteiger partial charge on any atom is 0.279 e. The second-order valence-electron chi connectivity index (χ2n) is 3.80. The first-order valence-corrected chi connectivity index (χ1v) is 6.18. The summed E-state index contributed by atoms with van der Waals surface area (Å²) >= 11 is 1.10. The van der Waals surface area contributed by atoms with Crippen LogP contribution in [0, 0.1) is 0 Å². The molecule has 0 atom stereocenters. The molecule has 0 N–H and O–H groups in total. The number of hydrogen-bond acceptors (Lipinski definition) is 7. The van der Waals surface area contributed by atoms with E-state index < -0.39 is 0 Å². The molecule has 4 aromatic rings. The number of aromatic nitrogens is 6. The number of imidazole rings is 1. The van der Waals surface area contributed by atoms with Crippen molar-refractivity contribution in [3.63, 3.8) is 0 Å². The van der Waals surface area contributed by atoms with E-state index in [1.807, 2.05) is 28.9 Å². The predicted molar refractivity (Wildman–Crippen MR) is 67.4 cm³/mol. The second kappa shape index (κ2) is 3.95. The minimum absolute atomic E-state index is 0.359. The van der Waals surface area contributed by atoms with E-state index in [0.717, 1.165) is 22.9 Å². The van der Waals surface area contributed by atoms with Gasteiger partial charge in [-0.3, -0.25) is 0 Å². The van der Waals surface area contributed by atoms with Crippen molar-refractivity contribution in [3.05, 3.63) is 36.9 Å². The number of pyridine rings is 1. The smallest absolute Gasteiger partial charge is 0.279 e. The molecular formula is C11H6N6OS. The van der Waals surface area contributed by atoms with Crippen molar-refractivity contribution >= 4 is 17.4 Å². The fourth-order valence-corrected chi connectivity index (χ4v) is 2.23. The normalized spacial score (nSPS) is 11.2. The highest BCUT2D eigenvalue weighted by molar-refractivity contribution is 6.99. The molecule has 92 valence electrons. The zero-order chi connectivity index (χ0) is 12.7. The molecule has 0 saturated heterocycles. The Morgan fingerprint density at radius 2 is 2.26 bits per heavy atom. The molecule has 0 aromatic carbocycles. The first-order chi connectivity index (χ1) is 9.42. The summed E-state index contributed by atoms with van der Waals surface area (Å²) in [5.41, 5.74) is 2.18. The summed E-state index contributed by atoms with van der Waals surface area (Å²) in [7, 11) is 0. The highest BCUT2D eigenvalue weighted by atomic mass is 32.1. The highest BCUT2D eigenvalue weighted by Crippen LogP contribution is 2.23. The maximum absolute atomic E-state index is 5.19. The van der Waals surface area contributed by atoms with Crippen LogP contribution in [-0.2, 0) is 0 Å². The van der Waals surface area contributed by atoms with Gasteiger partial charge in [-0.1, -0.05) is 5.16 Å².